The smallest absolute Gasteiger partial charge is 0.425 e. The fraction of sp³-hybridized carbons (Fsp3) is 0.320. The second kappa shape index (κ2) is 13.2. The molecule has 1 aromatic rings. The van der Waals surface area contributed by atoms with Gasteiger partial charge >= 0.3 is 6.18 Å². The summed E-state index contributed by atoms with van der Waals surface area (Å²) in [4.78, 5) is 4.12. The largest absolute Gasteiger partial charge is 0.501 e. The van der Waals surface area contributed by atoms with Crippen molar-refractivity contribution < 1.29 is 27.4 Å². The van der Waals surface area contributed by atoms with Crippen LogP contribution in [-0.2, 0) is 20.8 Å². The standard InChI is InChI=1S/C25H30F3NO3/c1-7-12-22(32-17-20-13-10-9-11-14-20)23(25(26,27)28)24(31-6)29-19(4)21(8-2)16-15-18(3)30-5/h8-16H,2,7,17H2,1,3-6H3/b18-15+,21-16+,22-12-,24-23-,29-19-. The van der Waals surface area contributed by atoms with Crippen LogP contribution in [0.25, 0.3) is 0 Å². The third-order valence-electron chi connectivity index (χ3n) is 4.29. The fourth-order valence-electron chi connectivity index (χ4n) is 2.55. The summed E-state index contributed by atoms with van der Waals surface area (Å²) in [5, 5.41) is 0. The van der Waals surface area contributed by atoms with Crippen LogP contribution in [0.2, 0.25) is 0 Å². The van der Waals surface area contributed by atoms with E-state index in [1.54, 1.807) is 57.2 Å². The van der Waals surface area contributed by atoms with Crippen LogP contribution in [0.1, 0.15) is 32.8 Å². The summed E-state index contributed by atoms with van der Waals surface area (Å²) in [6.45, 7) is 8.73. The highest BCUT2D eigenvalue weighted by molar-refractivity contribution is 6.01. The van der Waals surface area contributed by atoms with Gasteiger partial charge in [-0.2, -0.15) is 13.2 Å². The van der Waals surface area contributed by atoms with Crippen molar-refractivity contribution in [2.45, 2.75) is 40.0 Å². The number of hydrogen-bond donors (Lipinski definition) is 0. The van der Waals surface area contributed by atoms with Crippen LogP contribution in [0, 0.1) is 0 Å². The van der Waals surface area contributed by atoms with E-state index in [1.165, 1.54) is 19.3 Å². The van der Waals surface area contributed by atoms with Gasteiger partial charge in [0, 0.05) is 5.71 Å². The maximum Gasteiger partial charge on any atom is 0.425 e. The Morgan fingerprint density at radius 1 is 1.06 bits per heavy atom. The van der Waals surface area contributed by atoms with Crippen molar-refractivity contribution in [1.29, 1.82) is 0 Å². The molecule has 0 unspecified atom stereocenters. The Morgan fingerprint density at radius 3 is 2.22 bits per heavy atom. The molecule has 0 amide bonds. The first-order chi connectivity index (χ1) is 15.2. The van der Waals surface area contributed by atoms with Crippen LogP contribution in [0.3, 0.4) is 0 Å². The average Bonchev–Trinajstić information content (AvgIpc) is 2.76. The van der Waals surface area contributed by atoms with E-state index >= 15 is 0 Å². The van der Waals surface area contributed by atoms with Crippen LogP contribution >= 0.6 is 0 Å². The second-order valence-corrected chi connectivity index (χ2v) is 6.64. The molecule has 0 bridgehead atoms. The van der Waals surface area contributed by atoms with Gasteiger partial charge in [-0.25, -0.2) is 4.99 Å². The van der Waals surface area contributed by atoms with Gasteiger partial charge in [0.05, 0.1) is 20.0 Å². The maximum absolute atomic E-state index is 14.1. The van der Waals surface area contributed by atoms with Gasteiger partial charge in [0.2, 0.25) is 5.88 Å². The van der Waals surface area contributed by atoms with Gasteiger partial charge in [-0.15, -0.1) is 0 Å². The Kier molecular flexibility index (Phi) is 11.1. The first-order valence-corrected chi connectivity index (χ1v) is 10.0. The van der Waals surface area contributed by atoms with Crippen LogP contribution in [-0.4, -0.2) is 26.1 Å². The summed E-state index contributed by atoms with van der Waals surface area (Å²) < 4.78 is 58.0. The van der Waals surface area contributed by atoms with E-state index in [0.717, 1.165) is 12.7 Å². The molecular formula is C25H30F3NO3. The minimum absolute atomic E-state index is 0.0230. The van der Waals surface area contributed by atoms with Gasteiger partial charge in [-0.3, -0.25) is 0 Å². The van der Waals surface area contributed by atoms with E-state index in [-0.39, 0.29) is 18.1 Å². The number of aliphatic imine (C=N–C) groups is 1. The number of rotatable bonds is 11. The molecule has 0 aliphatic heterocycles. The Morgan fingerprint density at radius 2 is 1.72 bits per heavy atom. The number of benzene rings is 1. The Balaban J connectivity index is 3.50. The molecule has 32 heavy (non-hydrogen) atoms. The maximum atomic E-state index is 14.1. The van der Waals surface area contributed by atoms with Crippen LogP contribution in [0.4, 0.5) is 13.2 Å². The van der Waals surface area contributed by atoms with Crippen LogP contribution < -0.4 is 0 Å². The molecule has 0 aliphatic carbocycles. The number of hydrogen-bond acceptors (Lipinski definition) is 4. The van der Waals surface area contributed by atoms with Crippen molar-refractivity contribution in [3.05, 3.63) is 95.3 Å². The highest BCUT2D eigenvalue weighted by atomic mass is 19.4. The second-order valence-electron chi connectivity index (χ2n) is 6.64. The molecule has 7 heteroatoms. The predicted octanol–water partition coefficient (Wildman–Crippen LogP) is 7.04. The summed E-state index contributed by atoms with van der Waals surface area (Å²) in [6, 6.07) is 8.95. The van der Waals surface area contributed by atoms with E-state index in [2.05, 4.69) is 11.6 Å². The summed E-state index contributed by atoms with van der Waals surface area (Å²) in [6.07, 6.45) is 1.76. The first-order valence-electron chi connectivity index (χ1n) is 10.0. The molecule has 0 saturated carbocycles. The number of ether oxygens (including phenoxy) is 3. The van der Waals surface area contributed by atoms with E-state index in [1.807, 2.05) is 6.07 Å². The Bertz CT molecular complexity index is 908. The number of nitrogens with zero attached hydrogens (tertiary/aromatic N) is 1. The van der Waals surface area contributed by atoms with Gasteiger partial charge in [0.1, 0.15) is 12.4 Å². The molecule has 0 fully saturated rings. The van der Waals surface area contributed by atoms with Gasteiger partial charge in [0.25, 0.3) is 0 Å². The SMILES string of the molecule is C=CC(=C\C=C(/C)OC)/C(C)=N\C(OC)=C(/C(=C/CC)OCc1ccccc1)C(F)(F)F. The van der Waals surface area contributed by atoms with E-state index < -0.39 is 17.6 Å². The van der Waals surface area contributed by atoms with E-state index in [4.69, 9.17) is 14.2 Å². The van der Waals surface area contributed by atoms with Gasteiger partial charge < -0.3 is 14.2 Å². The monoisotopic (exact) mass is 449 g/mol. The average molecular weight is 450 g/mol. The minimum atomic E-state index is -4.75. The number of halogens is 3. The van der Waals surface area contributed by atoms with E-state index in [9.17, 15) is 13.2 Å². The molecule has 0 atom stereocenters. The van der Waals surface area contributed by atoms with Gasteiger partial charge in [-0.05, 0) is 49.6 Å². The lowest BCUT2D eigenvalue weighted by Crippen LogP contribution is -2.19. The van der Waals surface area contributed by atoms with Crippen molar-refractivity contribution in [2.75, 3.05) is 14.2 Å². The topological polar surface area (TPSA) is 40.0 Å². The quantitative estimate of drug-likeness (QED) is 0.207. The highest BCUT2D eigenvalue weighted by Crippen LogP contribution is 2.36. The number of methoxy groups -OCH3 is 2. The van der Waals surface area contributed by atoms with Crippen LogP contribution in [0.15, 0.2) is 94.8 Å². The molecule has 0 spiro atoms. The summed E-state index contributed by atoms with van der Waals surface area (Å²) in [7, 11) is 2.66. The lowest BCUT2D eigenvalue weighted by Gasteiger charge is -2.19. The molecule has 0 heterocycles. The van der Waals surface area contributed by atoms with Crippen molar-refractivity contribution in [2.24, 2.45) is 4.99 Å². The van der Waals surface area contributed by atoms with Crippen molar-refractivity contribution >= 4 is 5.71 Å². The third kappa shape index (κ3) is 8.49. The zero-order valence-corrected chi connectivity index (χ0v) is 19.1. The molecule has 174 valence electrons. The number of allylic oxidation sites excluding steroid dienone is 7. The summed E-state index contributed by atoms with van der Waals surface area (Å²) in [5.74, 6) is -0.308. The predicted molar refractivity (Wildman–Crippen MR) is 122 cm³/mol. The van der Waals surface area contributed by atoms with Gasteiger partial charge in [-0.1, -0.05) is 49.9 Å². The molecule has 0 saturated heterocycles. The molecule has 1 aromatic carbocycles. The Hall–Kier alpha value is -3.22. The molecule has 0 aliphatic rings. The molecule has 0 radical (unpaired) electrons. The lowest BCUT2D eigenvalue weighted by atomic mass is 10.1. The zero-order chi connectivity index (χ0) is 24.1. The fourth-order valence-corrected chi connectivity index (χ4v) is 2.55. The van der Waals surface area contributed by atoms with Crippen LogP contribution in [0.5, 0.6) is 0 Å². The molecule has 0 aromatic heterocycles. The first kappa shape index (κ1) is 26.8. The minimum Gasteiger partial charge on any atom is -0.501 e. The molecule has 4 nitrogen and oxygen atoms in total. The van der Waals surface area contributed by atoms with Crippen molar-refractivity contribution in [3.8, 4) is 0 Å². The van der Waals surface area contributed by atoms with Gasteiger partial charge in [0.15, 0.2) is 5.57 Å². The zero-order valence-electron chi connectivity index (χ0n) is 19.1. The number of alkyl halides is 3. The van der Waals surface area contributed by atoms with Crippen molar-refractivity contribution in [1.82, 2.24) is 0 Å². The molecule has 1 rings (SSSR count). The summed E-state index contributed by atoms with van der Waals surface area (Å²) in [5.41, 5.74) is 0.470. The lowest BCUT2D eigenvalue weighted by molar-refractivity contribution is -0.0977. The Labute approximate surface area is 188 Å². The normalized spacial score (nSPS) is 14.6. The highest BCUT2D eigenvalue weighted by Gasteiger charge is 2.41. The molecular weight excluding hydrogens is 419 g/mol. The summed E-state index contributed by atoms with van der Waals surface area (Å²) >= 11 is 0. The van der Waals surface area contributed by atoms with E-state index in [0.29, 0.717) is 17.8 Å². The molecule has 0 N–H and O–H groups in total. The van der Waals surface area contributed by atoms with Crippen molar-refractivity contribution in [3.63, 3.8) is 0 Å². The third-order valence-corrected chi connectivity index (χ3v) is 4.29.